The van der Waals surface area contributed by atoms with Crippen LogP contribution in [0.4, 0.5) is 0 Å². The molecule has 2 aromatic rings. The number of carbonyl (C=O) groups excluding carboxylic acids is 1. The SMILES string of the molecule is CCNC(=NCc1ccc(C(=O)NC)cc1)NCc1ccccc1OC. The van der Waals surface area contributed by atoms with Gasteiger partial charge in [-0.1, -0.05) is 30.3 Å². The Hall–Kier alpha value is -3.02. The Morgan fingerprint density at radius 3 is 2.46 bits per heavy atom. The van der Waals surface area contributed by atoms with Gasteiger partial charge in [-0.2, -0.15) is 0 Å². The first-order chi connectivity index (χ1) is 12.7. The Morgan fingerprint density at radius 2 is 1.81 bits per heavy atom. The van der Waals surface area contributed by atoms with Gasteiger partial charge in [-0.3, -0.25) is 4.79 Å². The summed E-state index contributed by atoms with van der Waals surface area (Å²) < 4.78 is 5.37. The minimum absolute atomic E-state index is 0.0909. The molecule has 0 saturated heterocycles. The van der Waals surface area contributed by atoms with E-state index in [4.69, 9.17) is 4.74 Å². The normalized spacial score (nSPS) is 11.0. The summed E-state index contributed by atoms with van der Waals surface area (Å²) in [4.78, 5) is 16.2. The average molecular weight is 354 g/mol. The van der Waals surface area contributed by atoms with Crippen molar-refractivity contribution in [2.75, 3.05) is 20.7 Å². The molecule has 0 aromatic heterocycles. The van der Waals surface area contributed by atoms with E-state index in [0.717, 1.165) is 29.4 Å². The summed E-state index contributed by atoms with van der Waals surface area (Å²) in [6.45, 7) is 3.94. The number of nitrogens with zero attached hydrogens (tertiary/aromatic N) is 1. The van der Waals surface area contributed by atoms with E-state index in [0.29, 0.717) is 18.7 Å². The van der Waals surface area contributed by atoms with Crippen molar-refractivity contribution in [2.45, 2.75) is 20.0 Å². The predicted molar refractivity (Wildman–Crippen MR) is 104 cm³/mol. The van der Waals surface area contributed by atoms with Crippen LogP contribution in [-0.2, 0) is 13.1 Å². The van der Waals surface area contributed by atoms with Crippen LogP contribution in [0.1, 0.15) is 28.4 Å². The van der Waals surface area contributed by atoms with E-state index in [1.807, 2.05) is 43.3 Å². The molecular formula is C20H26N4O2. The van der Waals surface area contributed by atoms with E-state index in [-0.39, 0.29) is 5.91 Å². The molecule has 6 nitrogen and oxygen atoms in total. The van der Waals surface area contributed by atoms with Gasteiger partial charge < -0.3 is 20.7 Å². The van der Waals surface area contributed by atoms with Crippen LogP contribution in [-0.4, -0.2) is 32.6 Å². The van der Waals surface area contributed by atoms with Crippen molar-refractivity contribution in [1.29, 1.82) is 0 Å². The van der Waals surface area contributed by atoms with Gasteiger partial charge in [0.05, 0.1) is 13.7 Å². The maximum Gasteiger partial charge on any atom is 0.251 e. The molecule has 26 heavy (non-hydrogen) atoms. The third kappa shape index (κ3) is 5.51. The molecule has 6 heteroatoms. The number of rotatable bonds is 7. The van der Waals surface area contributed by atoms with Crippen LogP contribution in [0.5, 0.6) is 5.75 Å². The van der Waals surface area contributed by atoms with Crippen LogP contribution < -0.4 is 20.7 Å². The molecule has 0 atom stereocenters. The summed E-state index contributed by atoms with van der Waals surface area (Å²) in [7, 11) is 3.29. The van der Waals surface area contributed by atoms with Gasteiger partial charge in [0.2, 0.25) is 0 Å². The maximum absolute atomic E-state index is 11.6. The summed E-state index contributed by atoms with van der Waals surface area (Å²) in [6, 6.07) is 15.3. The zero-order valence-electron chi connectivity index (χ0n) is 15.5. The highest BCUT2D eigenvalue weighted by molar-refractivity contribution is 5.93. The standard InChI is InChI=1S/C20H26N4O2/c1-4-22-20(24-14-17-7-5-6-8-18(17)26-3)23-13-15-9-11-16(12-10-15)19(25)21-2/h5-12H,4,13-14H2,1-3H3,(H,21,25)(H2,22,23,24). The molecule has 0 radical (unpaired) electrons. The minimum Gasteiger partial charge on any atom is -0.496 e. The van der Waals surface area contributed by atoms with E-state index in [9.17, 15) is 4.79 Å². The third-order valence-corrected chi connectivity index (χ3v) is 3.85. The van der Waals surface area contributed by atoms with Crippen LogP contribution in [0.3, 0.4) is 0 Å². The molecule has 0 spiro atoms. The van der Waals surface area contributed by atoms with Crippen LogP contribution in [0.2, 0.25) is 0 Å². The fourth-order valence-corrected chi connectivity index (χ4v) is 2.45. The molecule has 2 aromatic carbocycles. The minimum atomic E-state index is -0.0909. The Morgan fingerprint density at radius 1 is 1.08 bits per heavy atom. The van der Waals surface area contributed by atoms with Crippen LogP contribution in [0, 0.1) is 0 Å². The summed E-state index contributed by atoms with van der Waals surface area (Å²) in [6.07, 6.45) is 0. The van der Waals surface area contributed by atoms with Crippen molar-refractivity contribution in [3.05, 3.63) is 65.2 Å². The molecule has 0 aliphatic heterocycles. The number of hydrogen-bond acceptors (Lipinski definition) is 3. The van der Waals surface area contributed by atoms with E-state index in [1.54, 1.807) is 26.3 Å². The average Bonchev–Trinajstić information content (AvgIpc) is 2.70. The van der Waals surface area contributed by atoms with Crippen LogP contribution in [0.15, 0.2) is 53.5 Å². The van der Waals surface area contributed by atoms with Gasteiger partial charge in [-0.25, -0.2) is 4.99 Å². The Kier molecular flexibility index (Phi) is 7.49. The molecule has 138 valence electrons. The van der Waals surface area contributed by atoms with E-state index < -0.39 is 0 Å². The Labute approximate surface area is 154 Å². The molecular weight excluding hydrogens is 328 g/mol. The molecule has 0 heterocycles. The predicted octanol–water partition coefficient (Wildman–Crippen LogP) is 2.31. The lowest BCUT2D eigenvalue weighted by molar-refractivity contribution is 0.0963. The lowest BCUT2D eigenvalue weighted by Crippen LogP contribution is -2.36. The van der Waals surface area contributed by atoms with Gasteiger partial charge in [-0.15, -0.1) is 0 Å². The van der Waals surface area contributed by atoms with Gasteiger partial charge in [0, 0.05) is 31.3 Å². The topological polar surface area (TPSA) is 74.8 Å². The second kappa shape index (κ2) is 10.1. The lowest BCUT2D eigenvalue weighted by atomic mass is 10.1. The molecule has 1 amide bonds. The van der Waals surface area contributed by atoms with Gasteiger partial charge in [0.15, 0.2) is 5.96 Å². The first-order valence-corrected chi connectivity index (χ1v) is 8.63. The summed E-state index contributed by atoms with van der Waals surface area (Å²) in [5.74, 6) is 1.49. The van der Waals surface area contributed by atoms with Crippen molar-refractivity contribution in [3.63, 3.8) is 0 Å². The van der Waals surface area contributed by atoms with Gasteiger partial charge >= 0.3 is 0 Å². The molecule has 2 rings (SSSR count). The molecule has 0 bridgehead atoms. The highest BCUT2D eigenvalue weighted by Crippen LogP contribution is 2.16. The fraction of sp³-hybridized carbons (Fsp3) is 0.300. The Balaban J connectivity index is 2.00. The van der Waals surface area contributed by atoms with Crippen LogP contribution >= 0.6 is 0 Å². The van der Waals surface area contributed by atoms with E-state index >= 15 is 0 Å². The molecule has 3 N–H and O–H groups in total. The van der Waals surface area contributed by atoms with Crippen molar-refractivity contribution in [2.24, 2.45) is 4.99 Å². The first-order valence-electron chi connectivity index (χ1n) is 8.63. The summed E-state index contributed by atoms with van der Waals surface area (Å²) >= 11 is 0. The second-order valence-corrected chi connectivity index (χ2v) is 5.64. The quantitative estimate of drug-likeness (QED) is 0.527. The first kappa shape index (κ1) is 19.3. The van der Waals surface area contributed by atoms with Crippen molar-refractivity contribution in [3.8, 4) is 5.75 Å². The second-order valence-electron chi connectivity index (χ2n) is 5.64. The van der Waals surface area contributed by atoms with Crippen LogP contribution in [0.25, 0.3) is 0 Å². The highest BCUT2D eigenvalue weighted by atomic mass is 16.5. The highest BCUT2D eigenvalue weighted by Gasteiger charge is 2.04. The zero-order valence-corrected chi connectivity index (χ0v) is 15.5. The number of guanidine groups is 1. The number of hydrogen-bond donors (Lipinski definition) is 3. The van der Waals surface area contributed by atoms with Gasteiger partial charge in [0.1, 0.15) is 5.75 Å². The van der Waals surface area contributed by atoms with E-state index in [2.05, 4.69) is 20.9 Å². The zero-order chi connectivity index (χ0) is 18.8. The molecule has 0 aliphatic rings. The number of carbonyl (C=O) groups is 1. The van der Waals surface area contributed by atoms with Gasteiger partial charge in [0.25, 0.3) is 5.91 Å². The molecule has 0 unspecified atom stereocenters. The summed E-state index contributed by atoms with van der Waals surface area (Å²) in [5, 5.41) is 9.16. The molecule has 0 fully saturated rings. The van der Waals surface area contributed by atoms with Gasteiger partial charge in [-0.05, 0) is 30.7 Å². The summed E-state index contributed by atoms with van der Waals surface area (Å²) in [5.41, 5.74) is 2.74. The third-order valence-electron chi connectivity index (χ3n) is 3.85. The smallest absolute Gasteiger partial charge is 0.251 e. The largest absolute Gasteiger partial charge is 0.496 e. The fourth-order valence-electron chi connectivity index (χ4n) is 2.45. The number of para-hydroxylation sites is 1. The number of benzene rings is 2. The van der Waals surface area contributed by atoms with Crippen molar-refractivity contribution < 1.29 is 9.53 Å². The molecule has 0 aliphatic carbocycles. The Bertz CT molecular complexity index is 742. The number of nitrogens with one attached hydrogen (secondary N) is 3. The number of methoxy groups -OCH3 is 1. The number of ether oxygens (including phenoxy) is 1. The maximum atomic E-state index is 11.6. The monoisotopic (exact) mass is 354 g/mol. The van der Waals surface area contributed by atoms with Crippen molar-refractivity contribution >= 4 is 11.9 Å². The van der Waals surface area contributed by atoms with Crippen molar-refractivity contribution in [1.82, 2.24) is 16.0 Å². The van der Waals surface area contributed by atoms with E-state index in [1.165, 1.54) is 0 Å². The molecule has 0 saturated carbocycles. The number of amides is 1. The number of aliphatic imine (C=N–C) groups is 1. The lowest BCUT2D eigenvalue weighted by Gasteiger charge is -2.13.